The fourth-order valence-corrected chi connectivity index (χ4v) is 2.28. The fourth-order valence-electron chi connectivity index (χ4n) is 1.92. The Morgan fingerprint density at radius 3 is 2.84 bits per heavy atom. The largest absolute Gasteiger partial charge is 0.311 e. The van der Waals surface area contributed by atoms with Crippen LogP contribution in [0.2, 0.25) is 0 Å². The zero-order valence-electron chi connectivity index (χ0n) is 11.6. The van der Waals surface area contributed by atoms with Gasteiger partial charge in [0.15, 0.2) is 0 Å². The van der Waals surface area contributed by atoms with Crippen LogP contribution in [-0.2, 0) is 17.3 Å². The number of aromatic nitrogens is 1. The zero-order valence-corrected chi connectivity index (χ0v) is 12.5. The van der Waals surface area contributed by atoms with Crippen molar-refractivity contribution in [2.24, 2.45) is 0 Å². The Morgan fingerprint density at radius 2 is 2.11 bits per heavy atom. The number of fused-ring (bicyclic) bond motifs is 1. The van der Waals surface area contributed by atoms with Crippen molar-refractivity contribution in [1.29, 1.82) is 0 Å². The van der Waals surface area contributed by atoms with E-state index in [1.165, 1.54) is 5.56 Å². The van der Waals surface area contributed by atoms with Crippen LogP contribution in [0.25, 0.3) is 10.9 Å². The summed E-state index contributed by atoms with van der Waals surface area (Å²) in [5.74, 6) is 0. The lowest BCUT2D eigenvalue weighted by Crippen LogP contribution is -2.27. The van der Waals surface area contributed by atoms with E-state index >= 15 is 0 Å². The van der Waals surface area contributed by atoms with E-state index in [9.17, 15) is 4.21 Å². The van der Waals surface area contributed by atoms with Crippen LogP contribution in [0.15, 0.2) is 30.3 Å². The predicted molar refractivity (Wildman–Crippen MR) is 81.7 cm³/mol. The van der Waals surface area contributed by atoms with Gasteiger partial charge >= 0.3 is 0 Å². The van der Waals surface area contributed by atoms with Crippen molar-refractivity contribution in [1.82, 2.24) is 10.3 Å². The first kappa shape index (κ1) is 14.2. The lowest BCUT2D eigenvalue weighted by atomic mass is 10.1. The van der Waals surface area contributed by atoms with Gasteiger partial charge < -0.3 is 5.32 Å². The predicted octanol–water partition coefficient (Wildman–Crippen LogP) is 2.40. The van der Waals surface area contributed by atoms with Crippen LogP contribution in [0.5, 0.6) is 0 Å². The van der Waals surface area contributed by atoms with E-state index in [-0.39, 0.29) is 5.25 Å². The van der Waals surface area contributed by atoms with Gasteiger partial charge in [0, 0.05) is 46.5 Å². The van der Waals surface area contributed by atoms with Crippen molar-refractivity contribution < 1.29 is 4.21 Å². The van der Waals surface area contributed by atoms with E-state index in [2.05, 4.69) is 34.6 Å². The maximum Gasteiger partial charge on any atom is 0.0705 e. The second-order valence-corrected chi connectivity index (χ2v) is 6.72. The summed E-state index contributed by atoms with van der Waals surface area (Å²) in [6, 6.07) is 10.4. The third kappa shape index (κ3) is 3.85. The van der Waals surface area contributed by atoms with Gasteiger partial charge in [-0.3, -0.25) is 9.19 Å². The summed E-state index contributed by atoms with van der Waals surface area (Å²) < 4.78 is 11.3. The number of aryl methyl sites for hydroxylation is 1. The molecule has 0 aliphatic heterocycles. The van der Waals surface area contributed by atoms with Crippen molar-refractivity contribution in [2.75, 3.05) is 12.8 Å². The average molecular weight is 276 g/mol. The smallest absolute Gasteiger partial charge is 0.0705 e. The first-order chi connectivity index (χ1) is 9.06. The summed E-state index contributed by atoms with van der Waals surface area (Å²) in [4.78, 5) is 4.49. The van der Waals surface area contributed by atoms with E-state index in [4.69, 9.17) is 0 Å². The van der Waals surface area contributed by atoms with Crippen LogP contribution < -0.4 is 5.32 Å². The second-order valence-electron chi connectivity index (χ2n) is 4.92. The summed E-state index contributed by atoms with van der Waals surface area (Å²) in [7, 11) is -0.766. The van der Waals surface area contributed by atoms with E-state index in [0.29, 0.717) is 0 Å². The summed E-state index contributed by atoms with van der Waals surface area (Å²) in [6.45, 7) is 5.57. The number of nitrogens with zero attached hydrogens (tertiary/aromatic N) is 1. The van der Waals surface area contributed by atoms with E-state index in [1.807, 2.05) is 19.9 Å². The normalized spacial score (nSPS) is 14.5. The molecule has 3 nitrogen and oxygen atoms in total. The molecule has 0 saturated carbocycles. The van der Waals surface area contributed by atoms with E-state index < -0.39 is 10.8 Å². The number of hydrogen-bond donors (Lipinski definition) is 1. The second kappa shape index (κ2) is 6.26. The summed E-state index contributed by atoms with van der Waals surface area (Å²) in [5.41, 5.74) is 3.30. The van der Waals surface area contributed by atoms with Gasteiger partial charge in [-0.2, -0.15) is 0 Å². The third-order valence-electron chi connectivity index (χ3n) is 3.22. The van der Waals surface area contributed by atoms with Gasteiger partial charge in [0.2, 0.25) is 0 Å². The van der Waals surface area contributed by atoms with Crippen LogP contribution in [-0.4, -0.2) is 27.2 Å². The maximum atomic E-state index is 11.3. The standard InChI is InChI=1S/C15H20N2OS/c1-11-4-6-14-8-13(5-7-15(14)17-11)10-16-9-12(2)19(3)18/h4-8,12,16H,9-10H2,1-3H3. The minimum atomic E-state index is -0.766. The zero-order chi connectivity index (χ0) is 13.8. The molecule has 0 aliphatic rings. The molecule has 0 spiro atoms. The van der Waals surface area contributed by atoms with Crippen LogP contribution in [0.3, 0.4) is 0 Å². The Bertz CT molecular complexity index is 598. The molecule has 0 amide bonds. The molecule has 0 saturated heterocycles. The fraction of sp³-hybridized carbons (Fsp3) is 0.400. The highest BCUT2D eigenvalue weighted by atomic mass is 32.2. The molecule has 1 aromatic heterocycles. The Morgan fingerprint density at radius 1 is 1.32 bits per heavy atom. The molecular weight excluding hydrogens is 256 g/mol. The number of pyridine rings is 1. The van der Waals surface area contributed by atoms with Gasteiger partial charge in [0.05, 0.1) is 5.52 Å². The van der Waals surface area contributed by atoms with Crippen molar-refractivity contribution in [2.45, 2.75) is 25.6 Å². The first-order valence-corrected chi connectivity index (χ1v) is 8.07. The summed E-state index contributed by atoms with van der Waals surface area (Å²) in [5, 5.41) is 4.69. The van der Waals surface area contributed by atoms with Gasteiger partial charge in [-0.05, 0) is 37.6 Å². The summed E-state index contributed by atoms with van der Waals surface area (Å²) in [6.07, 6.45) is 1.75. The quantitative estimate of drug-likeness (QED) is 0.912. The van der Waals surface area contributed by atoms with Gasteiger partial charge in [-0.25, -0.2) is 0 Å². The molecule has 19 heavy (non-hydrogen) atoms. The molecule has 0 aliphatic carbocycles. The van der Waals surface area contributed by atoms with Crippen molar-refractivity contribution >= 4 is 21.7 Å². The van der Waals surface area contributed by atoms with Crippen molar-refractivity contribution in [3.63, 3.8) is 0 Å². The van der Waals surface area contributed by atoms with Gasteiger partial charge in [-0.1, -0.05) is 12.1 Å². The van der Waals surface area contributed by atoms with Crippen LogP contribution >= 0.6 is 0 Å². The van der Waals surface area contributed by atoms with E-state index in [1.54, 1.807) is 6.26 Å². The molecule has 2 unspecified atom stereocenters. The summed E-state index contributed by atoms with van der Waals surface area (Å²) >= 11 is 0. The van der Waals surface area contributed by atoms with E-state index in [0.717, 1.165) is 29.7 Å². The molecule has 1 heterocycles. The van der Waals surface area contributed by atoms with Crippen LogP contribution in [0.4, 0.5) is 0 Å². The third-order valence-corrected chi connectivity index (χ3v) is 4.52. The maximum absolute atomic E-state index is 11.3. The van der Waals surface area contributed by atoms with Gasteiger partial charge in [0.25, 0.3) is 0 Å². The van der Waals surface area contributed by atoms with Crippen LogP contribution in [0.1, 0.15) is 18.2 Å². The molecule has 4 heteroatoms. The molecule has 2 atom stereocenters. The van der Waals surface area contributed by atoms with Crippen molar-refractivity contribution in [3.05, 3.63) is 41.6 Å². The van der Waals surface area contributed by atoms with Gasteiger partial charge in [-0.15, -0.1) is 0 Å². The lowest BCUT2D eigenvalue weighted by molar-refractivity contribution is 0.647. The molecule has 2 aromatic rings. The Hall–Kier alpha value is -1.26. The Balaban J connectivity index is 2.02. The van der Waals surface area contributed by atoms with Gasteiger partial charge in [0.1, 0.15) is 0 Å². The molecule has 0 fully saturated rings. The molecule has 102 valence electrons. The monoisotopic (exact) mass is 276 g/mol. The molecule has 0 bridgehead atoms. The lowest BCUT2D eigenvalue weighted by Gasteiger charge is -2.10. The molecule has 1 N–H and O–H groups in total. The topological polar surface area (TPSA) is 42.0 Å². The molecular formula is C15H20N2OS. The number of nitrogens with one attached hydrogen (secondary N) is 1. The first-order valence-electron chi connectivity index (χ1n) is 6.45. The van der Waals surface area contributed by atoms with Crippen molar-refractivity contribution in [3.8, 4) is 0 Å². The highest BCUT2D eigenvalue weighted by molar-refractivity contribution is 7.84. The minimum absolute atomic E-state index is 0.185. The Labute approximate surface area is 116 Å². The number of benzene rings is 1. The highest BCUT2D eigenvalue weighted by Gasteiger charge is 2.05. The number of hydrogen-bond acceptors (Lipinski definition) is 3. The average Bonchev–Trinajstić information content (AvgIpc) is 2.38. The number of rotatable bonds is 5. The molecule has 2 rings (SSSR count). The minimum Gasteiger partial charge on any atom is -0.311 e. The molecule has 0 radical (unpaired) electrons. The molecule has 1 aromatic carbocycles. The highest BCUT2D eigenvalue weighted by Crippen LogP contribution is 2.14. The van der Waals surface area contributed by atoms with Crippen LogP contribution in [0, 0.1) is 6.92 Å². The SMILES string of the molecule is Cc1ccc2cc(CNCC(C)S(C)=O)ccc2n1. The Kier molecular flexibility index (Phi) is 4.66.